The van der Waals surface area contributed by atoms with Crippen molar-refractivity contribution in [1.82, 2.24) is 15.1 Å². The number of amides is 1. The van der Waals surface area contributed by atoms with Crippen LogP contribution in [0.4, 0.5) is 0 Å². The predicted octanol–water partition coefficient (Wildman–Crippen LogP) is 3.54. The van der Waals surface area contributed by atoms with E-state index in [0.717, 1.165) is 43.4 Å². The molecule has 2 heterocycles. The third kappa shape index (κ3) is 5.16. The smallest absolute Gasteiger partial charge is 0.331 e. The van der Waals surface area contributed by atoms with E-state index in [9.17, 15) is 9.59 Å². The molecule has 3 aromatic rings. The van der Waals surface area contributed by atoms with Crippen LogP contribution in [0.1, 0.15) is 41.2 Å². The van der Waals surface area contributed by atoms with E-state index in [1.807, 2.05) is 42.5 Å². The van der Waals surface area contributed by atoms with E-state index < -0.39 is 6.04 Å². The van der Waals surface area contributed by atoms with E-state index in [2.05, 4.69) is 10.4 Å². The average Bonchev–Trinajstić information content (AvgIpc) is 3.27. The molecule has 1 N–H and O–H groups in total. The number of methoxy groups -OCH3 is 1. The summed E-state index contributed by atoms with van der Waals surface area (Å²) in [6.45, 7) is 2.23. The summed E-state index contributed by atoms with van der Waals surface area (Å²) in [6.07, 6.45) is 5.30. The van der Waals surface area contributed by atoms with E-state index in [0.29, 0.717) is 30.0 Å². The number of hydrogen-bond acceptors (Lipinski definition) is 5. The first-order valence-electron chi connectivity index (χ1n) is 11.1. The van der Waals surface area contributed by atoms with Crippen LogP contribution >= 0.6 is 0 Å². The normalized spacial score (nSPS) is 15.4. The third-order valence-corrected chi connectivity index (χ3v) is 6.04. The zero-order valence-corrected chi connectivity index (χ0v) is 18.3. The molecule has 0 bridgehead atoms. The first-order chi connectivity index (χ1) is 15.7. The Hall–Kier alpha value is -3.19. The number of nitrogens with one attached hydrogen (secondary N) is 1. The molecule has 0 spiro atoms. The summed E-state index contributed by atoms with van der Waals surface area (Å²) >= 11 is 0. The lowest BCUT2D eigenvalue weighted by Crippen LogP contribution is -2.28. The summed E-state index contributed by atoms with van der Waals surface area (Å²) in [4.78, 5) is 25.4. The van der Waals surface area contributed by atoms with Gasteiger partial charge in [-0.2, -0.15) is 5.10 Å². The van der Waals surface area contributed by atoms with Gasteiger partial charge in [0.05, 0.1) is 12.7 Å². The molecule has 32 heavy (non-hydrogen) atoms. The molecule has 1 fully saturated rings. The van der Waals surface area contributed by atoms with E-state index in [-0.39, 0.29) is 11.9 Å². The summed E-state index contributed by atoms with van der Waals surface area (Å²) in [6, 6.07) is 14.6. The number of esters is 1. The number of carbonyl (C=O) groups excluding carboxylic acids is 2. The van der Waals surface area contributed by atoms with E-state index in [1.165, 1.54) is 7.11 Å². The van der Waals surface area contributed by atoms with Crippen molar-refractivity contribution in [2.45, 2.75) is 31.7 Å². The first kappa shape index (κ1) is 22.0. The van der Waals surface area contributed by atoms with Gasteiger partial charge in [0.15, 0.2) is 6.04 Å². The second kappa shape index (κ2) is 10.4. The number of hydrogen-bond donors (Lipinski definition) is 1. The summed E-state index contributed by atoms with van der Waals surface area (Å²) in [7, 11) is 1.38. The maximum absolute atomic E-state index is 12.9. The van der Waals surface area contributed by atoms with Crippen molar-refractivity contribution in [3.8, 4) is 0 Å². The number of benzene rings is 2. The van der Waals surface area contributed by atoms with Crippen LogP contribution in [0, 0.1) is 5.92 Å². The van der Waals surface area contributed by atoms with Gasteiger partial charge in [-0.3, -0.25) is 9.48 Å². The molecule has 1 aliphatic rings. The van der Waals surface area contributed by atoms with Crippen LogP contribution in [0.2, 0.25) is 0 Å². The van der Waals surface area contributed by atoms with Crippen LogP contribution < -0.4 is 5.32 Å². The van der Waals surface area contributed by atoms with Crippen molar-refractivity contribution in [3.63, 3.8) is 0 Å². The Morgan fingerprint density at radius 3 is 2.69 bits per heavy atom. The van der Waals surface area contributed by atoms with E-state index in [1.54, 1.807) is 16.9 Å². The van der Waals surface area contributed by atoms with Gasteiger partial charge in [-0.15, -0.1) is 0 Å². The highest BCUT2D eigenvalue weighted by molar-refractivity contribution is 6.05. The molecule has 1 saturated heterocycles. The second-order valence-corrected chi connectivity index (χ2v) is 8.18. The minimum Gasteiger partial charge on any atom is -0.467 e. The summed E-state index contributed by atoms with van der Waals surface area (Å²) < 4.78 is 12.0. The molecule has 7 heteroatoms. The summed E-state index contributed by atoms with van der Waals surface area (Å²) in [5.41, 5.74) is 2.10. The minimum atomic E-state index is -0.612. The van der Waals surface area contributed by atoms with Crippen molar-refractivity contribution >= 4 is 22.8 Å². The zero-order chi connectivity index (χ0) is 22.3. The van der Waals surface area contributed by atoms with Gasteiger partial charge in [0.25, 0.3) is 5.91 Å². The molecule has 0 aliphatic carbocycles. The van der Waals surface area contributed by atoms with Gasteiger partial charge < -0.3 is 14.8 Å². The molecule has 168 valence electrons. The standard InChI is InChI=1S/C25H29N3O4/c1-31-25(30)22(16-19-6-3-2-4-7-19)28-17-20-8-5-9-21(23(20)27-28)24(29)26-13-10-18-11-14-32-15-12-18/h2-9,17-18,22H,10-16H2,1H3,(H,26,29). The van der Waals surface area contributed by atoms with Gasteiger partial charge in [0, 0.05) is 37.8 Å². The van der Waals surface area contributed by atoms with Gasteiger partial charge in [-0.25, -0.2) is 4.79 Å². The highest BCUT2D eigenvalue weighted by Crippen LogP contribution is 2.23. The minimum absolute atomic E-state index is 0.148. The molecular weight excluding hydrogens is 406 g/mol. The Bertz CT molecular complexity index is 1060. The molecule has 4 rings (SSSR count). The topological polar surface area (TPSA) is 82.5 Å². The highest BCUT2D eigenvalue weighted by atomic mass is 16.5. The predicted molar refractivity (Wildman–Crippen MR) is 121 cm³/mol. The number of carbonyl (C=O) groups is 2. The van der Waals surface area contributed by atoms with Crippen molar-refractivity contribution in [2.24, 2.45) is 5.92 Å². The lowest BCUT2D eigenvalue weighted by molar-refractivity contribution is -0.144. The Kier molecular flexibility index (Phi) is 7.17. The molecular formula is C25H29N3O4. The Balaban J connectivity index is 1.52. The quantitative estimate of drug-likeness (QED) is 0.547. The maximum atomic E-state index is 12.9. The van der Waals surface area contributed by atoms with Crippen LogP contribution in [0.3, 0.4) is 0 Å². The van der Waals surface area contributed by atoms with Crippen LogP contribution in [0.25, 0.3) is 10.9 Å². The molecule has 1 amide bonds. The van der Waals surface area contributed by atoms with Gasteiger partial charge in [0.1, 0.15) is 5.52 Å². The van der Waals surface area contributed by atoms with Crippen LogP contribution in [0.5, 0.6) is 0 Å². The number of ether oxygens (including phenoxy) is 2. The molecule has 0 radical (unpaired) electrons. The van der Waals surface area contributed by atoms with Gasteiger partial charge in [-0.05, 0) is 36.8 Å². The van der Waals surface area contributed by atoms with Crippen LogP contribution in [-0.2, 0) is 20.7 Å². The van der Waals surface area contributed by atoms with Crippen LogP contribution in [0.15, 0.2) is 54.7 Å². The van der Waals surface area contributed by atoms with Crippen molar-refractivity contribution < 1.29 is 19.1 Å². The SMILES string of the molecule is COC(=O)C(Cc1ccccc1)n1cc2cccc(C(=O)NCCC3CCOCC3)c2n1. The fourth-order valence-electron chi connectivity index (χ4n) is 4.19. The Morgan fingerprint density at radius 2 is 1.94 bits per heavy atom. The highest BCUT2D eigenvalue weighted by Gasteiger charge is 2.24. The molecule has 0 saturated carbocycles. The van der Waals surface area contributed by atoms with Gasteiger partial charge in [0.2, 0.25) is 0 Å². The Morgan fingerprint density at radius 1 is 1.16 bits per heavy atom. The second-order valence-electron chi connectivity index (χ2n) is 8.18. The van der Waals surface area contributed by atoms with Crippen molar-refractivity contribution in [2.75, 3.05) is 26.9 Å². The monoisotopic (exact) mass is 435 g/mol. The zero-order valence-electron chi connectivity index (χ0n) is 18.3. The number of fused-ring (bicyclic) bond motifs is 1. The van der Waals surface area contributed by atoms with Gasteiger partial charge >= 0.3 is 5.97 Å². The summed E-state index contributed by atoms with van der Waals surface area (Å²) in [5.74, 6) is 0.0764. The van der Waals surface area contributed by atoms with Crippen LogP contribution in [-0.4, -0.2) is 48.5 Å². The van der Waals surface area contributed by atoms with E-state index >= 15 is 0 Å². The lowest BCUT2D eigenvalue weighted by Gasteiger charge is -2.21. The molecule has 7 nitrogen and oxygen atoms in total. The Labute approximate surface area is 187 Å². The number of aromatic nitrogens is 2. The maximum Gasteiger partial charge on any atom is 0.331 e. The van der Waals surface area contributed by atoms with E-state index in [4.69, 9.17) is 9.47 Å². The molecule has 1 aliphatic heterocycles. The number of rotatable bonds is 8. The van der Waals surface area contributed by atoms with Crippen molar-refractivity contribution in [3.05, 3.63) is 65.9 Å². The fourth-order valence-corrected chi connectivity index (χ4v) is 4.19. The summed E-state index contributed by atoms with van der Waals surface area (Å²) in [5, 5.41) is 8.47. The first-order valence-corrected chi connectivity index (χ1v) is 11.1. The number of nitrogens with zero attached hydrogens (tertiary/aromatic N) is 2. The molecule has 2 aromatic carbocycles. The third-order valence-electron chi connectivity index (χ3n) is 6.04. The fraction of sp³-hybridized carbons (Fsp3) is 0.400. The largest absolute Gasteiger partial charge is 0.467 e. The van der Waals surface area contributed by atoms with Gasteiger partial charge in [-0.1, -0.05) is 42.5 Å². The molecule has 1 aromatic heterocycles. The van der Waals surface area contributed by atoms with Crippen molar-refractivity contribution in [1.29, 1.82) is 0 Å². The molecule has 1 unspecified atom stereocenters. The lowest BCUT2D eigenvalue weighted by atomic mass is 9.96. The average molecular weight is 436 g/mol. The molecule has 1 atom stereocenters.